The van der Waals surface area contributed by atoms with Crippen molar-refractivity contribution >= 4 is 5.69 Å². The molecule has 0 aromatic heterocycles. The summed E-state index contributed by atoms with van der Waals surface area (Å²) in [5.41, 5.74) is 5.53. The van der Waals surface area contributed by atoms with Gasteiger partial charge in [-0.25, -0.2) is 0 Å². The number of benzene rings is 1. The van der Waals surface area contributed by atoms with Crippen LogP contribution in [0.25, 0.3) is 0 Å². The number of hydrogen-bond donors (Lipinski definition) is 1. The standard InChI is InChI=1S/C16H25N/c1-12-10-13(2)16(14(3)11-12)17-15-8-6-4-5-7-9-15/h10-11,15,17H,4-9H2,1-3H3. The second kappa shape index (κ2) is 5.57. The van der Waals surface area contributed by atoms with E-state index >= 15 is 0 Å². The topological polar surface area (TPSA) is 12.0 Å². The Morgan fingerprint density at radius 2 is 1.41 bits per heavy atom. The lowest BCUT2D eigenvalue weighted by molar-refractivity contribution is 0.619. The lowest BCUT2D eigenvalue weighted by atomic mass is 10.0. The molecule has 0 aliphatic heterocycles. The largest absolute Gasteiger partial charge is 0.382 e. The maximum atomic E-state index is 3.78. The number of aryl methyl sites for hydroxylation is 3. The Kier molecular flexibility index (Phi) is 4.09. The Morgan fingerprint density at radius 1 is 0.882 bits per heavy atom. The van der Waals surface area contributed by atoms with Crippen molar-refractivity contribution in [1.82, 2.24) is 0 Å². The Labute approximate surface area is 106 Å². The van der Waals surface area contributed by atoms with E-state index in [0.717, 1.165) is 0 Å². The number of anilines is 1. The molecule has 1 aliphatic rings. The average molecular weight is 231 g/mol. The molecule has 0 spiro atoms. The number of hydrogen-bond acceptors (Lipinski definition) is 1. The van der Waals surface area contributed by atoms with Gasteiger partial charge < -0.3 is 5.32 Å². The van der Waals surface area contributed by atoms with Crippen LogP contribution in [0.3, 0.4) is 0 Å². The fourth-order valence-electron chi connectivity index (χ4n) is 3.04. The smallest absolute Gasteiger partial charge is 0.0401 e. The van der Waals surface area contributed by atoms with Crippen molar-refractivity contribution in [3.8, 4) is 0 Å². The van der Waals surface area contributed by atoms with E-state index in [1.807, 2.05) is 0 Å². The second-order valence-electron chi connectivity index (χ2n) is 5.61. The summed E-state index contributed by atoms with van der Waals surface area (Å²) in [6.07, 6.45) is 8.30. The molecule has 94 valence electrons. The summed E-state index contributed by atoms with van der Waals surface area (Å²) in [5, 5.41) is 3.78. The minimum absolute atomic E-state index is 0.692. The minimum Gasteiger partial charge on any atom is -0.382 e. The van der Waals surface area contributed by atoms with E-state index in [1.165, 1.54) is 60.9 Å². The van der Waals surface area contributed by atoms with Crippen LogP contribution in [0, 0.1) is 20.8 Å². The average Bonchev–Trinajstić information content (AvgIpc) is 2.51. The molecular weight excluding hydrogens is 206 g/mol. The highest BCUT2D eigenvalue weighted by Crippen LogP contribution is 2.26. The summed E-state index contributed by atoms with van der Waals surface area (Å²) in [4.78, 5) is 0. The van der Waals surface area contributed by atoms with E-state index in [2.05, 4.69) is 38.2 Å². The van der Waals surface area contributed by atoms with Crippen LogP contribution < -0.4 is 5.32 Å². The van der Waals surface area contributed by atoms with Gasteiger partial charge in [-0.3, -0.25) is 0 Å². The first-order valence-corrected chi connectivity index (χ1v) is 7.01. The molecule has 1 heteroatoms. The van der Waals surface area contributed by atoms with Gasteiger partial charge in [-0.2, -0.15) is 0 Å². The quantitative estimate of drug-likeness (QED) is 0.724. The fourth-order valence-corrected chi connectivity index (χ4v) is 3.04. The van der Waals surface area contributed by atoms with Crippen LogP contribution in [-0.2, 0) is 0 Å². The summed E-state index contributed by atoms with van der Waals surface area (Å²) in [5.74, 6) is 0. The van der Waals surface area contributed by atoms with Gasteiger partial charge >= 0.3 is 0 Å². The van der Waals surface area contributed by atoms with Crippen molar-refractivity contribution in [2.75, 3.05) is 5.32 Å². The monoisotopic (exact) mass is 231 g/mol. The SMILES string of the molecule is Cc1cc(C)c(NC2CCCCCC2)c(C)c1. The molecule has 0 saturated heterocycles. The highest BCUT2D eigenvalue weighted by molar-refractivity contribution is 5.58. The lowest BCUT2D eigenvalue weighted by Crippen LogP contribution is -2.19. The van der Waals surface area contributed by atoms with Crippen LogP contribution in [0.2, 0.25) is 0 Å². The summed E-state index contributed by atoms with van der Waals surface area (Å²) >= 11 is 0. The van der Waals surface area contributed by atoms with Crippen LogP contribution in [0.1, 0.15) is 55.2 Å². The molecule has 1 fully saturated rings. The molecule has 0 bridgehead atoms. The van der Waals surface area contributed by atoms with Crippen LogP contribution in [0.5, 0.6) is 0 Å². The molecule has 1 saturated carbocycles. The number of nitrogens with one attached hydrogen (secondary N) is 1. The molecule has 0 unspecified atom stereocenters. The molecule has 2 rings (SSSR count). The van der Waals surface area contributed by atoms with E-state index in [-0.39, 0.29) is 0 Å². The van der Waals surface area contributed by atoms with Crippen LogP contribution in [-0.4, -0.2) is 6.04 Å². The third-order valence-electron chi connectivity index (χ3n) is 3.88. The van der Waals surface area contributed by atoms with Gasteiger partial charge in [-0.1, -0.05) is 43.4 Å². The van der Waals surface area contributed by atoms with Gasteiger partial charge in [0.15, 0.2) is 0 Å². The summed E-state index contributed by atoms with van der Waals surface area (Å²) in [6, 6.07) is 5.26. The Morgan fingerprint density at radius 3 is 1.94 bits per heavy atom. The van der Waals surface area contributed by atoms with Crippen molar-refractivity contribution in [2.24, 2.45) is 0 Å². The molecule has 0 radical (unpaired) electrons. The van der Waals surface area contributed by atoms with Gasteiger partial charge in [-0.05, 0) is 44.7 Å². The molecule has 17 heavy (non-hydrogen) atoms. The van der Waals surface area contributed by atoms with Crippen molar-refractivity contribution in [2.45, 2.75) is 65.3 Å². The van der Waals surface area contributed by atoms with Gasteiger partial charge in [0.2, 0.25) is 0 Å². The lowest BCUT2D eigenvalue weighted by Gasteiger charge is -2.21. The Hall–Kier alpha value is -0.980. The highest BCUT2D eigenvalue weighted by Gasteiger charge is 2.13. The van der Waals surface area contributed by atoms with Crippen molar-refractivity contribution in [1.29, 1.82) is 0 Å². The molecule has 1 aliphatic carbocycles. The van der Waals surface area contributed by atoms with Crippen molar-refractivity contribution in [3.63, 3.8) is 0 Å². The van der Waals surface area contributed by atoms with Crippen LogP contribution in [0.4, 0.5) is 5.69 Å². The third kappa shape index (κ3) is 3.24. The molecule has 0 atom stereocenters. The molecule has 0 amide bonds. The van der Waals surface area contributed by atoms with E-state index in [1.54, 1.807) is 0 Å². The fraction of sp³-hybridized carbons (Fsp3) is 0.625. The van der Waals surface area contributed by atoms with Gasteiger partial charge in [0.1, 0.15) is 0 Å². The second-order valence-corrected chi connectivity index (χ2v) is 5.61. The maximum absolute atomic E-state index is 3.78. The number of rotatable bonds is 2. The molecule has 1 aromatic carbocycles. The van der Waals surface area contributed by atoms with E-state index in [9.17, 15) is 0 Å². The third-order valence-corrected chi connectivity index (χ3v) is 3.88. The predicted molar refractivity (Wildman–Crippen MR) is 75.8 cm³/mol. The van der Waals surface area contributed by atoms with E-state index in [0.29, 0.717) is 6.04 Å². The van der Waals surface area contributed by atoms with Gasteiger partial charge in [0.05, 0.1) is 0 Å². The first-order valence-electron chi connectivity index (χ1n) is 7.01. The first kappa shape index (κ1) is 12.5. The Balaban J connectivity index is 2.11. The first-order chi connectivity index (χ1) is 8.16. The van der Waals surface area contributed by atoms with E-state index in [4.69, 9.17) is 0 Å². The van der Waals surface area contributed by atoms with Gasteiger partial charge in [0, 0.05) is 11.7 Å². The van der Waals surface area contributed by atoms with E-state index < -0.39 is 0 Å². The van der Waals surface area contributed by atoms with Crippen molar-refractivity contribution in [3.05, 3.63) is 28.8 Å². The zero-order valence-corrected chi connectivity index (χ0v) is 11.5. The zero-order chi connectivity index (χ0) is 12.3. The summed E-state index contributed by atoms with van der Waals surface area (Å²) < 4.78 is 0. The molecule has 1 nitrogen and oxygen atoms in total. The van der Waals surface area contributed by atoms with Gasteiger partial charge in [-0.15, -0.1) is 0 Å². The molecular formula is C16H25N. The van der Waals surface area contributed by atoms with Crippen LogP contribution in [0.15, 0.2) is 12.1 Å². The molecule has 0 heterocycles. The maximum Gasteiger partial charge on any atom is 0.0401 e. The molecule has 1 aromatic rings. The van der Waals surface area contributed by atoms with Crippen molar-refractivity contribution < 1.29 is 0 Å². The summed E-state index contributed by atoms with van der Waals surface area (Å²) in [7, 11) is 0. The Bertz CT molecular complexity index is 350. The zero-order valence-electron chi connectivity index (χ0n) is 11.5. The molecule has 1 N–H and O–H groups in total. The normalized spacial score (nSPS) is 17.8. The minimum atomic E-state index is 0.692. The summed E-state index contributed by atoms with van der Waals surface area (Å²) in [6.45, 7) is 6.62. The van der Waals surface area contributed by atoms with Crippen LogP contribution >= 0.6 is 0 Å². The van der Waals surface area contributed by atoms with Gasteiger partial charge in [0.25, 0.3) is 0 Å². The highest BCUT2D eigenvalue weighted by atomic mass is 14.9. The predicted octanol–water partition coefficient (Wildman–Crippen LogP) is 4.75.